The van der Waals surface area contributed by atoms with Crippen LogP contribution in [0.3, 0.4) is 0 Å². The number of rotatable bonds is 4. The summed E-state index contributed by atoms with van der Waals surface area (Å²) in [5.74, 6) is -1.01. The van der Waals surface area contributed by atoms with E-state index in [4.69, 9.17) is 11.5 Å². The van der Waals surface area contributed by atoms with E-state index in [1.54, 1.807) is 24.4 Å². The zero-order valence-electron chi connectivity index (χ0n) is 14.9. The molecule has 1 aromatic carbocycles. The number of nitrogens with zero attached hydrogens (tertiary/aromatic N) is 3. The number of carbonyl (C=O) groups is 1. The molecular weight excluding hydrogens is 349 g/mol. The number of ether oxygens (including phenoxy) is 1. The van der Waals surface area contributed by atoms with Gasteiger partial charge in [-0.2, -0.15) is 0 Å². The Labute approximate surface area is 155 Å². The minimum absolute atomic E-state index is 0.0754. The number of esters is 1. The Morgan fingerprint density at radius 1 is 1.15 bits per heavy atom. The van der Waals surface area contributed by atoms with Gasteiger partial charge in [-0.3, -0.25) is 0 Å². The molecule has 4 N–H and O–H groups in total. The van der Waals surface area contributed by atoms with Crippen molar-refractivity contribution in [3.63, 3.8) is 0 Å². The molecule has 0 aliphatic heterocycles. The van der Waals surface area contributed by atoms with E-state index in [0.717, 1.165) is 5.56 Å². The van der Waals surface area contributed by atoms with E-state index in [9.17, 15) is 9.18 Å². The van der Waals surface area contributed by atoms with E-state index in [0.29, 0.717) is 34.8 Å². The van der Waals surface area contributed by atoms with Gasteiger partial charge in [0.15, 0.2) is 0 Å². The quantitative estimate of drug-likeness (QED) is 0.681. The first-order valence-corrected chi connectivity index (χ1v) is 8.21. The molecule has 0 saturated heterocycles. The third kappa shape index (κ3) is 3.55. The van der Waals surface area contributed by atoms with Crippen LogP contribution in [0.15, 0.2) is 36.5 Å². The van der Waals surface area contributed by atoms with Crippen molar-refractivity contribution < 1.29 is 13.9 Å². The molecule has 138 valence electrons. The van der Waals surface area contributed by atoms with Crippen LogP contribution in [0.1, 0.15) is 23.0 Å². The number of pyridine rings is 1. The number of hydrogen-bond acceptors (Lipinski definition) is 7. The summed E-state index contributed by atoms with van der Waals surface area (Å²) in [5, 5.41) is 0. The molecule has 3 aromatic rings. The Morgan fingerprint density at radius 2 is 1.89 bits per heavy atom. The van der Waals surface area contributed by atoms with Crippen LogP contribution in [0, 0.1) is 5.82 Å². The maximum absolute atomic E-state index is 14.4. The van der Waals surface area contributed by atoms with Crippen LogP contribution in [0.4, 0.5) is 16.2 Å². The average Bonchev–Trinajstić information content (AvgIpc) is 2.67. The monoisotopic (exact) mass is 367 g/mol. The number of halogens is 1. The van der Waals surface area contributed by atoms with Gasteiger partial charge in [0.25, 0.3) is 0 Å². The fourth-order valence-corrected chi connectivity index (χ4v) is 2.79. The second-order valence-electron chi connectivity index (χ2n) is 5.76. The topological polar surface area (TPSA) is 117 Å². The van der Waals surface area contributed by atoms with Crippen LogP contribution < -0.4 is 11.5 Å². The largest absolute Gasteiger partial charge is 0.465 e. The highest BCUT2D eigenvalue weighted by Crippen LogP contribution is 2.34. The number of aryl methyl sites for hydroxylation is 1. The maximum Gasteiger partial charge on any atom is 0.340 e. The average molecular weight is 367 g/mol. The van der Waals surface area contributed by atoms with Gasteiger partial charge in [-0.1, -0.05) is 13.0 Å². The lowest BCUT2D eigenvalue weighted by Crippen LogP contribution is -2.07. The van der Waals surface area contributed by atoms with Crippen LogP contribution >= 0.6 is 0 Å². The number of aromatic nitrogens is 3. The molecule has 0 aliphatic carbocycles. The lowest BCUT2D eigenvalue weighted by molar-refractivity contribution is 0.0595. The predicted molar refractivity (Wildman–Crippen MR) is 100 cm³/mol. The zero-order valence-corrected chi connectivity index (χ0v) is 14.9. The van der Waals surface area contributed by atoms with Crippen LogP contribution in [-0.2, 0) is 11.2 Å². The molecule has 8 heteroatoms. The summed E-state index contributed by atoms with van der Waals surface area (Å²) >= 11 is 0. The Kier molecular flexibility index (Phi) is 4.98. The Hall–Kier alpha value is -3.55. The molecule has 0 fully saturated rings. The summed E-state index contributed by atoms with van der Waals surface area (Å²) in [6.07, 6.45) is 2.19. The highest BCUT2D eigenvalue weighted by atomic mass is 19.1. The van der Waals surface area contributed by atoms with Gasteiger partial charge in [-0.05, 0) is 30.7 Å². The zero-order chi connectivity index (χ0) is 19.6. The third-order valence-corrected chi connectivity index (χ3v) is 4.06. The molecule has 0 unspecified atom stereocenters. The standard InChI is InChI=1S/C19H18FN5O2/c1-3-14-16(11-5-7-15(21)23-9-11)17(25-19(22)24-14)10-4-6-12(13(20)8-10)18(26)27-2/h4-9H,3H2,1-2H3,(H2,21,23)(H2,22,24,25). The van der Waals surface area contributed by atoms with Crippen molar-refractivity contribution in [2.24, 2.45) is 0 Å². The number of nitrogen functional groups attached to an aromatic ring is 2. The van der Waals surface area contributed by atoms with Gasteiger partial charge in [0, 0.05) is 22.9 Å². The van der Waals surface area contributed by atoms with E-state index in [1.807, 2.05) is 6.92 Å². The lowest BCUT2D eigenvalue weighted by Gasteiger charge is -2.14. The smallest absolute Gasteiger partial charge is 0.340 e. The Bertz CT molecular complexity index is 1010. The van der Waals surface area contributed by atoms with Crippen molar-refractivity contribution in [3.8, 4) is 22.4 Å². The van der Waals surface area contributed by atoms with E-state index in [2.05, 4.69) is 19.7 Å². The first-order valence-electron chi connectivity index (χ1n) is 8.21. The Morgan fingerprint density at radius 3 is 2.48 bits per heavy atom. The van der Waals surface area contributed by atoms with Crippen LogP contribution in [0.5, 0.6) is 0 Å². The number of methoxy groups -OCH3 is 1. The molecular formula is C19H18FN5O2. The molecule has 2 aromatic heterocycles. The lowest BCUT2D eigenvalue weighted by atomic mass is 9.97. The fraction of sp³-hybridized carbons (Fsp3) is 0.158. The number of benzene rings is 1. The summed E-state index contributed by atoms with van der Waals surface area (Å²) in [7, 11) is 1.19. The summed E-state index contributed by atoms with van der Waals surface area (Å²) in [5.41, 5.74) is 14.4. The molecule has 2 heterocycles. The van der Waals surface area contributed by atoms with Gasteiger partial charge in [0.2, 0.25) is 5.95 Å². The van der Waals surface area contributed by atoms with Gasteiger partial charge < -0.3 is 16.2 Å². The first kappa shape index (κ1) is 18.2. The molecule has 0 amide bonds. The van der Waals surface area contributed by atoms with Gasteiger partial charge in [0.05, 0.1) is 24.1 Å². The highest BCUT2D eigenvalue weighted by molar-refractivity contribution is 5.91. The van der Waals surface area contributed by atoms with Gasteiger partial charge in [-0.25, -0.2) is 24.1 Å². The van der Waals surface area contributed by atoms with E-state index in [-0.39, 0.29) is 11.5 Å². The second kappa shape index (κ2) is 7.36. The molecule has 0 saturated carbocycles. The molecule has 3 rings (SSSR count). The fourth-order valence-electron chi connectivity index (χ4n) is 2.79. The van der Waals surface area contributed by atoms with Crippen molar-refractivity contribution in [2.45, 2.75) is 13.3 Å². The molecule has 0 atom stereocenters. The molecule has 0 radical (unpaired) electrons. The van der Waals surface area contributed by atoms with Crippen LogP contribution in [0.2, 0.25) is 0 Å². The SMILES string of the molecule is CCc1nc(N)nc(-c2ccc(C(=O)OC)c(F)c2)c1-c1ccc(N)nc1. The molecule has 0 bridgehead atoms. The van der Waals surface area contributed by atoms with E-state index in [1.165, 1.54) is 19.2 Å². The normalized spacial score (nSPS) is 10.6. The number of nitrogens with two attached hydrogens (primary N) is 2. The van der Waals surface area contributed by atoms with Crippen molar-refractivity contribution >= 4 is 17.7 Å². The molecule has 7 nitrogen and oxygen atoms in total. The maximum atomic E-state index is 14.4. The minimum Gasteiger partial charge on any atom is -0.465 e. The summed E-state index contributed by atoms with van der Waals surface area (Å²) < 4.78 is 19.0. The van der Waals surface area contributed by atoms with Crippen molar-refractivity contribution in [3.05, 3.63) is 53.6 Å². The summed E-state index contributed by atoms with van der Waals surface area (Å²) in [6, 6.07) is 7.62. The van der Waals surface area contributed by atoms with Gasteiger partial charge >= 0.3 is 5.97 Å². The van der Waals surface area contributed by atoms with Crippen molar-refractivity contribution in [2.75, 3.05) is 18.6 Å². The van der Waals surface area contributed by atoms with Gasteiger partial charge in [-0.15, -0.1) is 0 Å². The molecule has 0 spiro atoms. The minimum atomic E-state index is -0.751. The molecule has 0 aliphatic rings. The van der Waals surface area contributed by atoms with E-state index >= 15 is 0 Å². The molecule has 27 heavy (non-hydrogen) atoms. The second-order valence-corrected chi connectivity index (χ2v) is 5.76. The Balaban J connectivity index is 2.23. The summed E-state index contributed by atoms with van der Waals surface area (Å²) in [6.45, 7) is 1.93. The third-order valence-electron chi connectivity index (χ3n) is 4.06. The highest BCUT2D eigenvalue weighted by Gasteiger charge is 2.19. The summed E-state index contributed by atoms with van der Waals surface area (Å²) in [4.78, 5) is 24.3. The van der Waals surface area contributed by atoms with E-state index < -0.39 is 11.8 Å². The number of hydrogen-bond donors (Lipinski definition) is 2. The van der Waals surface area contributed by atoms with Crippen LogP contribution in [0.25, 0.3) is 22.4 Å². The number of carbonyl (C=O) groups excluding carboxylic acids is 1. The van der Waals surface area contributed by atoms with Gasteiger partial charge in [0.1, 0.15) is 11.6 Å². The number of anilines is 2. The van der Waals surface area contributed by atoms with Crippen molar-refractivity contribution in [1.29, 1.82) is 0 Å². The predicted octanol–water partition coefficient (Wildman–Crippen LogP) is 2.86. The van der Waals surface area contributed by atoms with Crippen LogP contribution in [-0.4, -0.2) is 28.0 Å². The van der Waals surface area contributed by atoms with Crippen molar-refractivity contribution in [1.82, 2.24) is 15.0 Å². The first-order chi connectivity index (χ1) is 12.9.